The van der Waals surface area contributed by atoms with Gasteiger partial charge in [-0.25, -0.2) is 4.79 Å². The van der Waals surface area contributed by atoms with Crippen molar-refractivity contribution in [2.45, 2.75) is 19.8 Å². The van der Waals surface area contributed by atoms with Crippen LogP contribution >= 0.6 is 0 Å². The van der Waals surface area contributed by atoms with E-state index in [1.54, 1.807) is 36.4 Å². The maximum atomic E-state index is 12.4. The third-order valence-corrected chi connectivity index (χ3v) is 4.37. The van der Waals surface area contributed by atoms with Crippen molar-refractivity contribution >= 4 is 22.8 Å². The van der Waals surface area contributed by atoms with Crippen LogP contribution in [-0.2, 0) is 0 Å². The van der Waals surface area contributed by atoms with Crippen LogP contribution in [0.25, 0.3) is 22.1 Å². The molecule has 0 aliphatic carbocycles. The monoisotopic (exact) mass is 374 g/mol. The number of anilines is 1. The minimum absolute atomic E-state index is 0.186. The van der Waals surface area contributed by atoms with Gasteiger partial charge in [-0.2, -0.15) is 4.98 Å². The Kier molecular flexibility index (Phi) is 4.49. The second kappa shape index (κ2) is 7.11. The third kappa shape index (κ3) is 3.42. The molecular weight excluding hydrogens is 356 g/mol. The zero-order chi connectivity index (χ0) is 19.7. The number of aromatic nitrogens is 3. The van der Waals surface area contributed by atoms with Crippen LogP contribution in [0.5, 0.6) is 0 Å². The number of carbonyl (C=O) groups is 1. The first kappa shape index (κ1) is 17.7. The molecule has 0 fully saturated rings. The molecule has 7 nitrogen and oxygen atoms in total. The van der Waals surface area contributed by atoms with Gasteiger partial charge in [-0.3, -0.25) is 15.2 Å². The summed E-state index contributed by atoms with van der Waals surface area (Å²) in [7, 11) is 0. The highest BCUT2D eigenvalue weighted by Gasteiger charge is 2.13. The number of H-pyrrole nitrogens is 1. The van der Waals surface area contributed by atoms with Crippen LogP contribution in [0.15, 0.2) is 63.8 Å². The van der Waals surface area contributed by atoms with Crippen molar-refractivity contribution in [3.63, 3.8) is 0 Å². The Morgan fingerprint density at radius 2 is 1.86 bits per heavy atom. The number of hydrogen-bond donors (Lipinski definition) is 2. The van der Waals surface area contributed by atoms with Crippen molar-refractivity contribution in [1.82, 2.24) is 15.2 Å². The first-order valence-electron chi connectivity index (χ1n) is 8.88. The normalized spacial score (nSPS) is 11.1. The fourth-order valence-corrected chi connectivity index (χ4v) is 2.83. The Labute approximate surface area is 160 Å². The highest BCUT2D eigenvalue weighted by atomic mass is 16.4. The Bertz CT molecular complexity index is 1210. The van der Waals surface area contributed by atoms with E-state index < -0.39 is 5.63 Å². The summed E-state index contributed by atoms with van der Waals surface area (Å²) in [4.78, 5) is 28.9. The quantitative estimate of drug-likeness (QED) is 0.527. The van der Waals surface area contributed by atoms with Gasteiger partial charge in [-0.15, -0.1) is 5.10 Å². The van der Waals surface area contributed by atoms with Crippen LogP contribution in [0, 0.1) is 0 Å². The molecule has 2 aromatic carbocycles. The molecule has 0 saturated carbocycles. The van der Waals surface area contributed by atoms with Gasteiger partial charge >= 0.3 is 5.63 Å². The van der Waals surface area contributed by atoms with Gasteiger partial charge in [0.15, 0.2) is 0 Å². The predicted octanol–water partition coefficient (Wildman–Crippen LogP) is 3.95. The molecule has 0 atom stereocenters. The summed E-state index contributed by atoms with van der Waals surface area (Å²) in [6.45, 7) is 3.96. The second-order valence-electron chi connectivity index (χ2n) is 6.72. The summed E-state index contributed by atoms with van der Waals surface area (Å²) in [6.07, 6.45) is 0. The molecule has 0 bridgehead atoms. The molecule has 4 aromatic rings. The van der Waals surface area contributed by atoms with Crippen molar-refractivity contribution in [2.75, 3.05) is 5.32 Å². The van der Waals surface area contributed by atoms with Crippen LogP contribution in [0.2, 0.25) is 0 Å². The lowest BCUT2D eigenvalue weighted by Crippen LogP contribution is -2.13. The lowest BCUT2D eigenvalue weighted by Gasteiger charge is -2.05. The van der Waals surface area contributed by atoms with E-state index in [1.165, 1.54) is 0 Å². The molecule has 2 aromatic heterocycles. The van der Waals surface area contributed by atoms with Crippen molar-refractivity contribution in [2.24, 2.45) is 0 Å². The van der Waals surface area contributed by atoms with Crippen molar-refractivity contribution in [3.8, 4) is 11.1 Å². The number of benzene rings is 2. The highest BCUT2D eigenvalue weighted by molar-refractivity contribution is 6.03. The number of fused-ring (bicyclic) bond motifs is 1. The van der Waals surface area contributed by atoms with Crippen LogP contribution in [-0.4, -0.2) is 21.1 Å². The molecule has 0 spiro atoms. The van der Waals surface area contributed by atoms with Crippen LogP contribution in [0.1, 0.15) is 35.9 Å². The number of carbonyl (C=O) groups excluding carboxylic acids is 1. The molecule has 2 N–H and O–H groups in total. The summed E-state index contributed by atoms with van der Waals surface area (Å²) < 4.78 is 5.37. The SMILES string of the molecule is CC(C)c1nc(NC(=O)c2ccc(-c3cc4ccccc4oc3=O)cc2)n[nH]1. The van der Waals surface area contributed by atoms with Gasteiger partial charge in [0, 0.05) is 16.9 Å². The summed E-state index contributed by atoms with van der Waals surface area (Å²) in [5.74, 6) is 0.791. The first-order chi connectivity index (χ1) is 13.5. The maximum absolute atomic E-state index is 12.4. The maximum Gasteiger partial charge on any atom is 0.344 e. The van der Waals surface area contributed by atoms with E-state index in [4.69, 9.17) is 4.42 Å². The fourth-order valence-electron chi connectivity index (χ4n) is 2.83. The number of aromatic amines is 1. The minimum Gasteiger partial charge on any atom is -0.422 e. The summed E-state index contributed by atoms with van der Waals surface area (Å²) in [6, 6.07) is 15.8. The molecule has 0 aliphatic rings. The Hall–Kier alpha value is -3.74. The van der Waals surface area contributed by atoms with E-state index in [0.717, 1.165) is 5.39 Å². The molecule has 2 heterocycles. The zero-order valence-electron chi connectivity index (χ0n) is 15.4. The largest absolute Gasteiger partial charge is 0.422 e. The molecule has 0 saturated heterocycles. The number of para-hydroxylation sites is 1. The summed E-state index contributed by atoms with van der Waals surface area (Å²) in [5, 5.41) is 10.3. The lowest BCUT2D eigenvalue weighted by atomic mass is 10.0. The van der Waals surface area contributed by atoms with Gasteiger partial charge in [-0.05, 0) is 29.8 Å². The molecule has 7 heteroatoms. The molecule has 1 amide bonds. The molecule has 0 unspecified atom stereocenters. The van der Waals surface area contributed by atoms with Crippen LogP contribution < -0.4 is 10.9 Å². The molecule has 0 aliphatic heterocycles. The van der Waals surface area contributed by atoms with E-state index in [9.17, 15) is 9.59 Å². The smallest absolute Gasteiger partial charge is 0.344 e. The van der Waals surface area contributed by atoms with Crippen molar-refractivity contribution < 1.29 is 9.21 Å². The minimum atomic E-state index is -0.419. The number of rotatable bonds is 4. The van der Waals surface area contributed by atoms with E-state index in [2.05, 4.69) is 20.5 Å². The number of nitrogens with one attached hydrogen (secondary N) is 2. The van der Waals surface area contributed by atoms with Gasteiger partial charge in [-0.1, -0.05) is 44.2 Å². The van der Waals surface area contributed by atoms with Gasteiger partial charge < -0.3 is 4.42 Å². The molecular formula is C21H18N4O3. The van der Waals surface area contributed by atoms with Crippen molar-refractivity contribution in [1.29, 1.82) is 0 Å². The highest BCUT2D eigenvalue weighted by Crippen LogP contribution is 2.21. The second-order valence-corrected chi connectivity index (χ2v) is 6.72. The number of hydrogen-bond acceptors (Lipinski definition) is 5. The molecule has 28 heavy (non-hydrogen) atoms. The lowest BCUT2D eigenvalue weighted by molar-refractivity contribution is 0.102. The van der Waals surface area contributed by atoms with Gasteiger partial charge in [0.2, 0.25) is 5.95 Å². The van der Waals surface area contributed by atoms with Gasteiger partial charge in [0.25, 0.3) is 5.91 Å². The summed E-state index contributed by atoms with van der Waals surface area (Å²) in [5.41, 5.74) is 1.68. The van der Waals surface area contributed by atoms with E-state index >= 15 is 0 Å². The molecule has 4 rings (SSSR count). The average Bonchev–Trinajstić information content (AvgIpc) is 3.16. The first-order valence-corrected chi connectivity index (χ1v) is 8.88. The fraction of sp³-hybridized carbons (Fsp3) is 0.143. The Morgan fingerprint density at radius 1 is 1.11 bits per heavy atom. The predicted molar refractivity (Wildman–Crippen MR) is 106 cm³/mol. The van der Waals surface area contributed by atoms with Crippen molar-refractivity contribution in [3.05, 3.63) is 76.4 Å². The topological polar surface area (TPSA) is 101 Å². The van der Waals surface area contributed by atoms with E-state index in [1.807, 2.05) is 32.0 Å². The number of amides is 1. The van der Waals surface area contributed by atoms with Gasteiger partial charge in [0.1, 0.15) is 11.4 Å². The Morgan fingerprint density at radius 3 is 2.57 bits per heavy atom. The van der Waals surface area contributed by atoms with Gasteiger partial charge in [0.05, 0.1) is 5.56 Å². The van der Waals surface area contributed by atoms with Crippen LogP contribution in [0.3, 0.4) is 0 Å². The van der Waals surface area contributed by atoms with E-state index in [-0.39, 0.29) is 17.8 Å². The number of nitrogens with zero attached hydrogens (tertiary/aromatic N) is 2. The third-order valence-electron chi connectivity index (χ3n) is 4.37. The zero-order valence-corrected chi connectivity index (χ0v) is 15.4. The molecule has 140 valence electrons. The standard InChI is InChI=1S/C21H18N4O3/c1-12(2)18-22-21(25-24-18)23-19(26)14-9-7-13(8-10-14)16-11-15-5-3-4-6-17(15)28-20(16)27/h3-12H,1-2H3,(H2,22,23,24,25,26). The van der Waals surface area contributed by atoms with Crippen LogP contribution in [0.4, 0.5) is 5.95 Å². The Balaban J connectivity index is 1.57. The molecule has 0 radical (unpaired) electrons. The van der Waals surface area contributed by atoms with E-state index in [0.29, 0.717) is 28.1 Å². The average molecular weight is 374 g/mol. The summed E-state index contributed by atoms with van der Waals surface area (Å²) >= 11 is 0.